The maximum Gasteiger partial charge on any atom is 0.294 e. The maximum absolute atomic E-state index is 11.4. The van der Waals surface area contributed by atoms with Gasteiger partial charge >= 0.3 is 0 Å². The molecule has 0 saturated carbocycles. The first-order valence-electron chi connectivity index (χ1n) is 7.02. The predicted molar refractivity (Wildman–Crippen MR) is 80.4 cm³/mol. The number of hydrazine groups is 1. The van der Waals surface area contributed by atoms with Crippen LogP contribution in [0.2, 0.25) is 0 Å². The molecule has 0 bridgehead atoms. The number of hydrogen-bond acceptors (Lipinski definition) is 6. The molecule has 1 aromatic rings. The van der Waals surface area contributed by atoms with Gasteiger partial charge in [-0.3, -0.25) is 15.1 Å². The van der Waals surface area contributed by atoms with Crippen LogP contribution in [0, 0.1) is 0 Å². The number of amides is 1. The molecule has 1 amide bonds. The predicted octanol–water partition coefficient (Wildman–Crippen LogP) is 0.663. The molecule has 3 N–H and O–H groups in total. The third-order valence-electron chi connectivity index (χ3n) is 3.74. The Morgan fingerprint density at radius 1 is 1.60 bits per heavy atom. The van der Waals surface area contributed by atoms with Crippen molar-refractivity contribution in [3.8, 4) is 0 Å². The summed E-state index contributed by atoms with van der Waals surface area (Å²) in [5.41, 5.74) is 3.08. The first kappa shape index (κ1) is 15.4. The summed E-state index contributed by atoms with van der Waals surface area (Å²) in [6.45, 7) is 6.35. The number of aromatic nitrogens is 1. The lowest BCUT2D eigenvalue weighted by Gasteiger charge is -2.29. The number of nitrogen functional groups attached to an aromatic ring is 1. The van der Waals surface area contributed by atoms with E-state index < -0.39 is 0 Å². The Bertz CT molecular complexity index is 450. The lowest BCUT2D eigenvalue weighted by molar-refractivity contribution is 0.0952. The molecule has 1 aromatic heterocycles. The Morgan fingerprint density at radius 3 is 3.10 bits per heavy atom. The largest absolute Gasteiger partial charge is 0.305 e. The first-order valence-corrected chi connectivity index (χ1v) is 7.90. The third kappa shape index (κ3) is 3.76. The van der Waals surface area contributed by atoms with Crippen LogP contribution in [0.1, 0.15) is 35.3 Å². The monoisotopic (exact) mass is 297 g/mol. The normalized spacial score (nSPS) is 21.6. The van der Waals surface area contributed by atoms with Gasteiger partial charge in [0.25, 0.3) is 5.91 Å². The van der Waals surface area contributed by atoms with Crippen molar-refractivity contribution >= 4 is 17.2 Å². The zero-order chi connectivity index (χ0) is 14.5. The summed E-state index contributed by atoms with van der Waals surface area (Å²) in [4.78, 5) is 20.7. The Kier molecular flexibility index (Phi) is 5.47. The molecule has 1 unspecified atom stereocenters. The number of nitrogens with one attached hydrogen (secondary N) is 1. The fourth-order valence-electron chi connectivity index (χ4n) is 2.64. The van der Waals surface area contributed by atoms with E-state index in [4.69, 9.17) is 5.84 Å². The van der Waals surface area contributed by atoms with Crippen LogP contribution in [-0.2, 0) is 6.54 Å². The standard InChI is InChI=1S/C13H23N5OS/c1-3-11-8-17(2)5-4-6-18(11)7-10-9-20-13(15-10)12(19)16-14/h9,11H,3-8,14H2,1-2H3,(H,16,19). The zero-order valence-corrected chi connectivity index (χ0v) is 12.9. The molecule has 1 aliphatic heterocycles. The van der Waals surface area contributed by atoms with Gasteiger partial charge in [-0.1, -0.05) is 6.92 Å². The number of carbonyl (C=O) groups excluding carboxylic acids is 1. The van der Waals surface area contributed by atoms with Crippen LogP contribution in [0.25, 0.3) is 0 Å². The maximum atomic E-state index is 11.4. The fraction of sp³-hybridized carbons (Fsp3) is 0.692. The van der Waals surface area contributed by atoms with Gasteiger partial charge in [-0.15, -0.1) is 11.3 Å². The average Bonchev–Trinajstić information content (AvgIpc) is 2.83. The molecule has 2 heterocycles. The fourth-order valence-corrected chi connectivity index (χ4v) is 3.35. The van der Waals surface area contributed by atoms with E-state index in [9.17, 15) is 4.79 Å². The molecule has 7 heteroatoms. The molecule has 6 nitrogen and oxygen atoms in total. The van der Waals surface area contributed by atoms with Gasteiger partial charge in [-0.2, -0.15) is 0 Å². The smallest absolute Gasteiger partial charge is 0.294 e. The molecule has 0 radical (unpaired) electrons. The average molecular weight is 297 g/mol. The van der Waals surface area contributed by atoms with Crippen LogP contribution < -0.4 is 11.3 Å². The highest BCUT2D eigenvalue weighted by Crippen LogP contribution is 2.17. The van der Waals surface area contributed by atoms with E-state index in [1.54, 1.807) is 0 Å². The van der Waals surface area contributed by atoms with Crippen LogP contribution >= 0.6 is 11.3 Å². The SMILES string of the molecule is CCC1CN(C)CCCN1Cc1csc(C(=O)NN)n1. The Morgan fingerprint density at radius 2 is 2.40 bits per heavy atom. The second-order valence-corrected chi connectivity index (χ2v) is 6.12. The number of thiazole rings is 1. The van der Waals surface area contributed by atoms with Gasteiger partial charge in [-0.25, -0.2) is 10.8 Å². The van der Waals surface area contributed by atoms with Gasteiger partial charge in [0.15, 0.2) is 5.01 Å². The highest BCUT2D eigenvalue weighted by Gasteiger charge is 2.23. The molecule has 20 heavy (non-hydrogen) atoms. The summed E-state index contributed by atoms with van der Waals surface area (Å²) in [6, 6.07) is 0.552. The van der Waals surface area contributed by atoms with Gasteiger partial charge in [-0.05, 0) is 26.4 Å². The van der Waals surface area contributed by atoms with E-state index in [0.29, 0.717) is 11.0 Å². The van der Waals surface area contributed by atoms with Crippen molar-refractivity contribution in [3.63, 3.8) is 0 Å². The van der Waals surface area contributed by atoms with E-state index in [0.717, 1.165) is 38.3 Å². The lowest BCUT2D eigenvalue weighted by Crippen LogP contribution is -2.39. The summed E-state index contributed by atoms with van der Waals surface area (Å²) in [5, 5.41) is 2.38. The molecule has 0 aliphatic carbocycles. The molecule has 0 aromatic carbocycles. The zero-order valence-electron chi connectivity index (χ0n) is 12.1. The van der Waals surface area contributed by atoms with Crippen LogP contribution in [0.5, 0.6) is 0 Å². The highest BCUT2D eigenvalue weighted by atomic mass is 32.1. The Labute approximate surface area is 123 Å². The number of rotatable bonds is 4. The van der Waals surface area contributed by atoms with Gasteiger partial charge in [0.1, 0.15) is 0 Å². The summed E-state index contributed by atoms with van der Waals surface area (Å²) in [6.07, 6.45) is 2.30. The van der Waals surface area contributed by atoms with Crippen molar-refractivity contribution in [3.05, 3.63) is 16.1 Å². The van der Waals surface area contributed by atoms with Gasteiger partial charge in [0, 0.05) is 31.1 Å². The number of likely N-dealkylation sites (N-methyl/N-ethyl adjacent to an activating group) is 1. The molecular formula is C13H23N5OS. The molecule has 1 aliphatic rings. The minimum Gasteiger partial charge on any atom is -0.305 e. The summed E-state index contributed by atoms with van der Waals surface area (Å²) in [7, 11) is 2.18. The molecule has 112 valence electrons. The number of hydrogen-bond donors (Lipinski definition) is 2. The quantitative estimate of drug-likeness (QED) is 0.485. The minimum atomic E-state index is -0.316. The first-order chi connectivity index (χ1) is 9.63. The minimum absolute atomic E-state index is 0.316. The van der Waals surface area contributed by atoms with Crippen LogP contribution in [0.3, 0.4) is 0 Å². The molecular weight excluding hydrogens is 274 g/mol. The summed E-state index contributed by atoms with van der Waals surface area (Å²) >= 11 is 1.35. The van der Waals surface area contributed by atoms with E-state index in [-0.39, 0.29) is 5.91 Å². The van der Waals surface area contributed by atoms with Gasteiger partial charge in [0.05, 0.1) is 5.69 Å². The van der Waals surface area contributed by atoms with E-state index in [1.165, 1.54) is 17.8 Å². The molecule has 0 spiro atoms. The second kappa shape index (κ2) is 7.12. The summed E-state index contributed by atoms with van der Waals surface area (Å²) < 4.78 is 0. The highest BCUT2D eigenvalue weighted by molar-refractivity contribution is 7.11. The van der Waals surface area contributed by atoms with Crippen molar-refractivity contribution in [1.82, 2.24) is 20.2 Å². The van der Waals surface area contributed by atoms with Crippen molar-refractivity contribution in [2.45, 2.75) is 32.4 Å². The Hall–Kier alpha value is -1.02. The van der Waals surface area contributed by atoms with Crippen molar-refractivity contribution in [1.29, 1.82) is 0 Å². The van der Waals surface area contributed by atoms with E-state index in [2.05, 4.69) is 34.2 Å². The second-order valence-electron chi connectivity index (χ2n) is 5.27. The molecule has 1 atom stereocenters. The van der Waals surface area contributed by atoms with Gasteiger partial charge < -0.3 is 4.90 Å². The third-order valence-corrected chi connectivity index (χ3v) is 4.63. The Balaban J connectivity index is 2.03. The number of nitrogens with two attached hydrogens (primary N) is 1. The van der Waals surface area contributed by atoms with Crippen LogP contribution in [0.4, 0.5) is 0 Å². The van der Waals surface area contributed by atoms with Crippen molar-refractivity contribution in [2.75, 3.05) is 26.7 Å². The van der Waals surface area contributed by atoms with E-state index >= 15 is 0 Å². The lowest BCUT2D eigenvalue weighted by atomic mass is 10.2. The van der Waals surface area contributed by atoms with Gasteiger partial charge in [0.2, 0.25) is 0 Å². The van der Waals surface area contributed by atoms with Crippen LogP contribution in [0.15, 0.2) is 5.38 Å². The van der Waals surface area contributed by atoms with Crippen molar-refractivity contribution < 1.29 is 4.79 Å². The summed E-state index contributed by atoms with van der Waals surface area (Å²) in [5.74, 6) is 4.81. The molecule has 2 rings (SSSR count). The van der Waals surface area contributed by atoms with E-state index in [1.807, 2.05) is 5.38 Å². The van der Waals surface area contributed by atoms with Crippen LogP contribution in [-0.4, -0.2) is 53.4 Å². The molecule has 1 fully saturated rings. The van der Waals surface area contributed by atoms with Crippen molar-refractivity contribution in [2.24, 2.45) is 5.84 Å². The topological polar surface area (TPSA) is 74.5 Å². The number of nitrogens with zero attached hydrogens (tertiary/aromatic N) is 3. The molecule has 1 saturated heterocycles. The number of carbonyl (C=O) groups is 1.